The predicted molar refractivity (Wildman–Crippen MR) is 75.9 cm³/mol. The molecule has 2 rings (SSSR count). The second kappa shape index (κ2) is 6.78. The molecule has 1 amide bonds. The van der Waals surface area contributed by atoms with E-state index in [1.165, 1.54) is 7.11 Å². The number of hydrogen-bond donors (Lipinski definition) is 2. The lowest BCUT2D eigenvalue weighted by molar-refractivity contribution is 0.0941. The maximum absolute atomic E-state index is 12.2. The molecule has 2 N–H and O–H groups in total. The molecule has 4 nitrogen and oxygen atoms in total. The van der Waals surface area contributed by atoms with Gasteiger partial charge in [0.1, 0.15) is 5.75 Å². The number of nitrogens with one attached hydrogen (secondary N) is 2. The van der Waals surface area contributed by atoms with Crippen molar-refractivity contribution in [3.8, 4) is 5.75 Å². The summed E-state index contributed by atoms with van der Waals surface area (Å²) in [7, 11) is 1.52. The van der Waals surface area contributed by atoms with E-state index in [2.05, 4.69) is 10.6 Å². The number of benzene rings is 1. The molecule has 1 aromatic carbocycles. The SMILES string of the molecule is COc1c(Cl)cccc1C(=O)NCC1CCNCC1. The predicted octanol–water partition coefficient (Wildman–Crippen LogP) is 2.08. The smallest absolute Gasteiger partial charge is 0.255 e. The summed E-state index contributed by atoms with van der Waals surface area (Å²) in [6, 6.07) is 5.19. The Morgan fingerprint density at radius 3 is 2.89 bits per heavy atom. The van der Waals surface area contributed by atoms with E-state index in [1.54, 1.807) is 18.2 Å². The lowest BCUT2D eigenvalue weighted by Crippen LogP contribution is -2.36. The maximum atomic E-state index is 12.2. The van der Waals surface area contributed by atoms with Gasteiger partial charge in [0, 0.05) is 6.54 Å². The summed E-state index contributed by atoms with van der Waals surface area (Å²) >= 11 is 6.01. The fraction of sp³-hybridized carbons (Fsp3) is 0.500. The highest BCUT2D eigenvalue weighted by Crippen LogP contribution is 2.28. The van der Waals surface area contributed by atoms with Crippen molar-refractivity contribution in [2.75, 3.05) is 26.7 Å². The minimum absolute atomic E-state index is 0.127. The molecular weight excluding hydrogens is 264 g/mol. The van der Waals surface area contributed by atoms with E-state index < -0.39 is 0 Å². The van der Waals surface area contributed by atoms with Crippen molar-refractivity contribution in [1.29, 1.82) is 0 Å². The van der Waals surface area contributed by atoms with Gasteiger partial charge in [-0.3, -0.25) is 4.79 Å². The van der Waals surface area contributed by atoms with Gasteiger partial charge in [0.2, 0.25) is 0 Å². The van der Waals surface area contributed by atoms with Crippen LogP contribution in [0.3, 0.4) is 0 Å². The summed E-state index contributed by atoms with van der Waals surface area (Å²) in [6.07, 6.45) is 2.21. The van der Waals surface area contributed by atoms with Crippen LogP contribution >= 0.6 is 11.6 Å². The molecule has 104 valence electrons. The third kappa shape index (κ3) is 3.61. The summed E-state index contributed by atoms with van der Waals surface area (Å²) in [4.78, 5) is 12.2. The van der Waals surface area contributed by atoms with Crippen molar-refractivity contribution in [2.45, 2.75) is 12.8 Å². The van der Waals surface area contributed by atoms with Crippen LogP contribution in [0, 0.1) is 5.92 Å². The van der Waals surface area contributed by atoms with Gasteiger partial charge in [-0.25, -0.2) is 0 Å². The van der Waals surface area contributed by atoms with Crippen LogP contribution < -0.4 is 15.4 Å². The first-order valence-electron chi connectivity index (χ1n) is 6.53. The van der Waals surface area contributed by atoms with Gasteiger partial charge >= 0.3 is 0 Å². The zero-order chi connectivity index (χ0) is 13.7. The Kier molecular flexibility index (Phi) is 5.05. The Hall–Kier alpha value is -1.26. The largest absolute Gasteiger partial charge is 0.494 e. The molecule has 1 fully saturated rings. The van der Waals surface area contributed by atoms with Gasteiger partial charge in [0.15, 0.2) is 0 Å². The third-order valence-corrected chi connectivity index (χ3v) is 3.72. The molecule has 0 aromatic heterocycles. The van der Waals surface area contributed by atoms with Crippen LogP contribution in [0.5, 0.6) is 5.75 Å². The van der Waals surface area contributed by atoms with Crippen LogP contribution in [-0.4, -0.2) is 32.7 Å². The monoisotopic (exact) mass is 282 g/mol. The highest BCUT2D eigenvalue weighted by atomic mass is 35.5. The number of piperidine rings is 1. The van der Waals surface area contributed by atoms with Crippen molar-refractivity contribution in [3.63, 3.8) is 0 Å². The second-order valence-corrected chi connectivity index (χ2v) is 5.13. The zero-order valence-electron chi connectivity index (χ0n) is 11.0. The zero-order valence-corrected chi connectivity index (χ0v) is 11.8. The van der Waals surface area contributed by atoms with E-state index >= 15 is 0 Å². The first kappa shape index (κ1) is 14.2. The average Bonchev–Trinajstić information content (AvgIpc) is 2.45. The van der Waals surface area contributed by atoms with E-state index in [9.17, 15) is 4.79 Å². The Morgan fingerprint density at radius 1 is 1.47 bits per heavy atom. The molecule has 0 unspecified atom stereocenters. The summed E-state index contributed by atoms with van der Waals surface area (Å²) < 4.78 is 5.19. The molecule has 0 radical (unpaired) electrons. The van der Waals surface area contributed by atoms with Crippen LogP contribution in [0.2, 0.25) is 5.02 Å². The molecular formula is C14H19ClN2O2. The summed E-state index contributed by atoms with van der Waals surface area (Å²) in [5, 5.41) is 6.73. The molecule has 0 saturated carbocycles. The second-order valence-electron chi connectivity index (χ2n) is 4.72. The molecule has 1 heterocycles. The Balaban J connectivity index is 1.97. The third-order valence-electron chi connectivity index (χ3n) is 3.43. The standard InChI is InChI=1S/C14H19ClN2O2/c1-19-13-11(3-2-4-12(13)15)14(18)17-9-10-5-7-16-8-6-10/h2-4,10,16H,5-9H2,1H3,(H,17,18). The van der Waals surface area contributed by atoms with Crippen LogP contribution in [0.15, 0.2) is 18.2 Å². The molecule has 0 atom stereocenters. The molecule has 0 spiro atoms. The number of ether oxygens (including phenoxy) is 1. The van der Waals surface area contributed by atoms with Gasteiger partial charge in [0.05, 0.1) is 17.7 Å². The van der Waals surface area contributed by atoms with Gasteiger partial charge in [-0.15, -0.1) is 0 Å². The van der Waals surface area contributed by atoms with E-state index in [0.29, 0.717) is 28.8 Å². The molecule has 1 aromatic rings. The highest BCUT2D eigenvalue weighted by molar-refractivity contribution is 6.32. The number of amides is 1. The van der Waals surface area contributed by atoms with Crippen molar-refractivity contribution in [1.82, 2.24) is 10.6 Å². The first-order valence-corrected chi connectivity index (χ1v) is 6.91. The van der Waals surface area contributed by atoms with Crippen LogP contribution in [-0.2, 0) is 0 Å². The van der Waals surface area contributed by atoms with E-state index in [0.717, 1.165) is 25.9 Å². The number of rotatable bonds is 4. The minimum Gasteiger partial charge on any atom is -0.494 e. The number of hydrogen-bond acceptors (Lipinski definition) is 3. The number of para-hydroxylation sites is 1. The number of halogens is 1. The Morgan fingerprint density at radius 2 is 2.21 bits per heavy atom. The Bertz CT molecular complexity index is 445. The normalized spacial score (nSPS) is 16.1. The van der Waals surface area contributed by atoms with Crippen LogP contribution in [0.1, 0.15) is 23.2 Å². The van der Waals surface area contributed by atoms with Gasteiger partial charge in [-0.05, 0) is 44.0 Å². The topological polar surface area (TPSA) is 50.4 Å². The van der Waals surface area contributed by atoms with Crippen LogP contribution in [0.25, 0.3) is 0 Å². The van der Waals surface area contributed by atoms with Crippen molar-refractivity contribution in [2.24, 2.45) is 5.92 Å². The summed E-state index contributed by atoms with van der Waals surface area (Å²) in [6.45, 7) is 2.76. The van der Waals surface area contributed by atoms with E-state index in [1.807, 2.05) is 0 Å². The quantitative estimate of drug-likeness (QED) is 0.889. The molecule has 0 bridgehead atoms. The first-order chi connectivity index (χ1) is 9.22. The van der Waals surface area contributed by atoms with Crippen LogP contribution in [0.4, 0.5) is 0 Å². The molecule has 5 heteroatoms. The van der Waals surface area contributed by atoms with Crippen molar-refractivity contribution < 1.29 is 9.53 Å². The van der Waals surface area contributed by atoms with Crippen molar-refractivity contribution in [3.05, 3.63) is 28.8 Å². The summed E-state index contributed by atoms with van der Waals surface area (Å²) in [5.41, 5.74) is 0.490. The highest BCUT2D eigenvalue weighted by Gasteiger charge is 2.17. The Labute approximate surface area is 118 Å². The maximum Gasteiger partial charge on any atom is 0.255 e. The lowest BCUT2D eigenvalue weighted by atomic mass is 9.98. The minimum atomic E-state index is -0.127. The van der Waals surface area contributed by atoms with Crippen molar-refractivity contribution >= 4 is 17.5 Å². The lowest BCUT2D eigenvalue weighted by Gasteiger charge is -2.22. The number of methoxy groups -OCH3 is 1. The number of carbonyl (C=O) groups excluding carboxylic acids is 1. The van der Waals surface area contributed by atoms with E-state index in [4.69, 9.17) is 16.3 Å². The fourth-order valence-electron chi connectivity index (χ4n) is 2.31. The average molecular weight is 283 g/mol. The fourth-order valence-corrected chi connectivity index (χ4v) is 2.56. The van der Waals surface area contributed by atoms with Gasteiger partial charge in [-0.1, -0.05) is 17.7 Å². The van der Waals surface area contributed by atoms with E-state index in [-0.39, 0.29) is 5.91 Å². The molecule has 0 aliphatic carbocycles. The molecule has 1 saturated heterocycles. The molecule has 19 heavy (non-hydrogen) atoms. The van der Waals surface area contributed by atoms with Gasteiger partial charge in [-0.2, -0.15) is 0 Å². The molecule has 1 aliphatic heterocycles. The number of carbonyl (C=O) groups is 1. The summed E-state index contributed by atoms with van der Waals surface area (Å²) in [5.74, 6) is 0.861. The molecule has 1 aliphatic rings. The van der Waals surface area contributed by atoms with Gasteiger partial charge in [0.25, 0.3) is 5.91 Å². The van der Waals surface area contributed by atoms with Gasteiger partial charge < -0.3 is 15.4 Å².